The van der Waals surface area contributed by atoms with E-state index in [9.17, 15) is 4.79 Å². The fourth-order valence-corrected chi connectivity index (χ4v) is 2.57. The van der Waals surface area contributed by atoms with Crippen LogP contribution < -0.4 is 5.32 Å². The Morgan fingerprint density at radius 2 is 1.91 bits per heavy atom. The molecule has 3 rings (SSSR count). The van der Waals surface area contributed by atoms with Crippen molar-refractivity contribution in [1.29, 1.82) is 0 Å². The zero-order chi connectivity index (χ0) is 15.5. The Balaban J connectivity index is 1.78. The molecule has 22 heavy (non-hydrogen) atoms. The van der Waals surface area contributed by atoms with Gasteiger partial charge in [-0.1, -0.05) is 6.07 Å². The van der Waals surface area contributed by atoms with Gasteiger partial charge < -0.3 is 10.2 Å². The zero-order valence-corrected chi connectivity index (χ0v) is 13.0. The van der Waals surface area contributed by atoms with Crippen LogP contribution in [0, 0.1) is 13.8 Å². The molecule has 2 heterocycles. The van der Waals surface area contributed by atoms with E-state index in [0.717, 1.165) is 31.6 Å². The number of amides is 1. The molecule has 1 aromatic carbocycles. The Hall–Kier alpha value is -2.43. The second-order valence-corrected chi connectivity index (χ2v) is 5.69. The molecule has 5 nitrogen and oxygen atoms in total. The van der Waals surface area contributed by atoms with E-state index in [4.69, 9.17) is 0 Å². The van der Waals surface area contributed by atoms with Crippen LogP contribution in [0.2, 0.25) is 0 Å². The fourth-order valence-electron chi connectivity index (χ4n) is 2.57. The number of rotatable bonds is 3. The summed E-state index contributed by atoms with van der Waals surface area (Å²) in [6.45, 7) is 5.78. The quantitative estimate of drug-likeness (QED) is 0.945. The van der Waals surface area contributed by atoms with Crippen molar-refractivity contribution in [2.75, 3.05) is 18.4 Å². The predicted octanol–water partition coefficient (Wildman–Crippen LogP) is 3.07. The van der Waals surface area contributed by atoms with E-state index < -0.39 is 0 Å². The lowest BCUT2D eigenvalue weighted by molar-refractivity contribution is 0.0787. The summed E-state index contributed by atoms with van der Waals surface area (Å²) in [5, 5.41) is 3.16. The van der Waals surface area contributed by atoms with Crippen molar-refractivity contribution in [2.45, 2.75) is 26.7 Å². The van der Waals surface area contributed by atoms with Gasteiger partial charge in [-0.15, -0.1) is 0 Å². The number of anilines is 2. The number of nitrogens with one attached hydrogen (secondary N) is 1. The van der Waals surface area contributed by atoms with Crippen LogP contribution in [-0.4, -0.2) is 33.9 Å². The van der Waals surface area contributed by atoms with E-state index >= 15 is 0 Å². The van der Waals surface area contributed by atoms with Gasteiger partial charge in [-0.25, -0.2) is 9.97 Å². The second-order valence-electron chi connectivity index (χ2n) is 5.69. The van der Waals surface area contributed by atoms with Gasteiger partial charge in [-0.05, 0) is 56.0 Å². The first-order chi connectivity index (χ1) is 10.6. The molecule has 0 unspecified atom stereocenters. The molecule has 0 aliphatic carbocycles. The summed E-state index contributed by atoms with van der Waals surface area (Å²) in [7, 11) is 0. The maximum absolute atomic E-state index is 12.4. The summed E-state index contributed by atoms with van der Waals surface area (Å²) in [6.07, 6.45) is 3.77. The maximum atomic E-state index is 12.4. The first-order valence-electron chi connectivity index (χ1n) is 7.60. The molecule has 1 aliphatic heterocycles. The first kappa shape index (κ1) is 14.5. The van der Waals surface area contributed by atoms with Crippen LogP contribution >= 0.6 is 0 Å². The Morgan fingerprint density at radius 1 is 1.14 bits per heavy atom. The SMILES string of the molecule is Cc1ccc(Nc2nccc(C(=O)N3CCCC3)n2)cc1C. The van der Waals surface area contributed by atoms with E-state index in [-0.39, 0.29) is 5.91 Å². The molecule has 1 amide bonds. The maximum Gasteiger partial charge on any atom is 0.272 e. The Kier molecular flexibility index (Phi) is 4.04. The molecule has 2 aromatic rings. The lowest BCUT2D eigenvalue weighted by atomic mass is 10.1. The number of carbonyl (C=O) groups is 1. The highest BCUT2D eigenvalue weighted by molar-refractivity contribution is 5.92. The van der Waals surface area contributed by atoms with Gasteiger partial charge in [-0.3, -0.25) is 4.79 Å². The molecular weight excluding hydrogens is 276 g/mol. The Labute approximate surface area is 130 Å². The van der Waals surface area contributed by atoms with Crippen LogP contribution in [0.3, 0.4) is 0 Å². The lowest BCUT2D eigenvalue weighted by Crippen LogP contribution is -2.28. The van der Waals surface area contributed by atoms with Crippen LogP contribution in [0.4, 0.5) is 11.6 Å². The van der Waals surface area contributed by atoms with Gasteiger partial charge in [0.15, 0.2) is 0 Å². The van der Waals surface area contributed by atoms with E-state index in [1.165, 1.54) is 11.1 Å². The molecular formula is C17H20N4O. The minimum absolute atomic E-state index is 0.0111. The topological polar surface area (TPSA) is 58.1 Å². The number of nitrogens with zero attached hydrogens (tertiary/aromatic N) is 3. The molecule has 0 spiro atoms. The molecule has 0 bridgehead atoms. The van der Waals surface area contributed by atoms with Crippen LogP contribution in [-0.2, 0) is 0 Å². The van der Waals surface area contributed by atoms with Gasteiger partial charge in [0.25, 0.3) is 5.91 Å². The number of hydrogen-bond acceptors (Lipinski definition) is 4. The van der Waals surface area contributed by atoms with Crippen LogP contribution in [0.15, 0.2) is 30.5 Å². The summed E-state index contributed by atoms with van der Waals surface area (Å²) in [4.78, 5) is 22.8. The summed E-state index contributed by atoms with van der Waals surface area (Å²) >= 11 is 0. The molecule has 1 fully saturated rings. The van der Waals surface area contributed by atoms with Gasteiger partial charge in [0.05, 0.1) is 0 Å². The Bertz CT molecular complexity index is 693. The minimum atomic E-state index is -0.0111. The third kappa shape index (κ3) is 3.08. The van der Waals surface area contributed by atoms with Gasteiger partial charge in [0.1, 0.15) is 5.69 Å². The van der Waals surface area contributed by atoms with Gasteiger partial charge >= 0.3 is 0 Å². The van der Waals surface area contributed by atoms with E-state index in [1.807, 2.05) is 17.0 Å². The van der Waals surface area contributed by atoms with Crippen LogP contribution in [0.1, 0.15) is 34.5 Å². The molecule has 0 radical (unpaired) electrons. The number of carbonyl (C=O) groups excluding carboxylic acids is 1. The van der Waals surface area contributed by atoms with Crippen molar-refractivity contribution in [3.8, 4) is 0 Å². The lowest BCUT2D eigenvalue weighted by Gasteiger charge is -2.15. The van der Waals surface area contributed by atoms with Crippen molar-refractivity contribution in [1.82, 2.24) is 14.9 Å². The average molecular weight is 296 g/mol. The molecule has 1 aliphatic rings. The van der Waals surface area contributed by atoms with Gasteiger partial charge in [0, 0.05) is 25.0 Å². The average Bonchev–Trinajstić information content (AvgIpc) is 3.05. The summed E-state index contributed by atoms with van der Waals surface area (Å²) in [5.74, 6) is 0.441. The van der Waals surface area contributed by atoms with Crippen molar-refractivity contribution in [3.63, 3.8) is 0 Å². The second kappa shape index (κ2) is 6.13. The molecule has 0 saturated carbocycles. The molecule has 114 valence electrons. The van der Waals surface area contributed by atoms with Gasteiger partial charge in [-0.2, -0.15) is 0 Å². The number of aromatic nitrogens is 2. The molecule has 1 saturated heterocycles. The summed E-state index contributed by atoms with van der Waals surface area (Å²) < 4.78 is 0. The number of likely N-dealkylation sites (tertiary alicyclic amines) is 1. The highest BCUT2D eigenvalue weighted by Gasteiger charge is 2.20. The third-order valence-corrected chi connectivity index (χ3v) is 4.03. The van der Waals surface area contributed by atoms with Crippen molar-refractivity contribution in [3.05, 3.63) is 47.3 Å². The predicted molar refractivity (Wildman–Crippen MR) is 86.4 cm³/mol. The zero-order valence-electron chi connectivity index (χ0n) is 13.0. The number of benzene rings is 1. The van der Waals surface area contributed by atoms with Crippen molar-refractivity contribution < 1.29 is 4.79 Å². The molecule has 5 heteroatoms. The van der Waals surface area contributed by atoms with E-state index in [2.05, 4.69) is 35.2 Å². The highest BCUT2D eigenvalue weighted by atomic mass is 16.2. The summed E-state index contributed by atoms with van der Waals surface area (Å²) in [6, 6.07) is 7.76. The monoisotopic (exact) mass is 296 g/mol. The van der Waals surface area contributed by atoms with Crippen LogP contribution in [0.25, 0.3) is 0 Å². The normalized spacial score (nSPS) is 14.2. The highest BCUT2D eigenvalue weighted by Crippen LogP contribution is 2.18. The first-order valence-corrected chi connectivity index (χ1v) is 7.60. The standard InChI is InChI=1S/C17H20N4O/c1-12-5-6-14(11-13(12)2)19-17-18-8-7-15(20-17)16(22)21-9-3-4-10-21/h5-8,11H,3-4,9-10H2,1-2H3,(H,18,19,20). The molecule has 1 aromatic heterocycles. The largest absolute Gasteiger partial charge is 0.337 e. The molecule has 1 N–H and O–H groups in total. The minimum Gasteiger partial charge on any atom is -0.337 e. The van der Waals surface area contributed by atoms with Crippen molar-refractivity contribution >= 4 is 17.5 Å². The number of hydrogen-bond donors (Lipinski definition) is 1. The van der Waals surface area contributed by atoms with Crippen LogP contribution in [0.5, 0.6) is 0 Å². The van der Waals surface area contributed by atoms with Gasteiger partial charge in [0.2, 0.25) is 5.95 Å². The van der Waals surface area contributed by atoms with E-state index in [1.54, 1.807) is 12.3 Å². The summed E-state index contributed by atoms with van der Waals surface area (Å²) in [5.41, 5.74) is 3.82. The Morgan fingerprint density at radius 3 is 2.64 bits per heavy atom. The van der Waals surface area contributed by atoms with Crippen molar-refractivity contribution in [2.24, 2.45) is 0 Å². The van der Waals surface area contributed by atoms with E-state index in [0.29, 0.717) is 11.6 Å². The number of aryl methyl sites for hydroxylation is 2. The smallest absolute Gasteiger partial charge is 0.272 e. The third-order valence-electron chi connectivity index (χ3n) is 4.03. The molecule has 0 atom stereocenters. The fraction of sp³-hybridized carbons (Fsp3) is 0.353.